The third-order valence-corrected chi connectivity index (χ3v) is 6.12. The molecular weight excluding hydrogens is 456 g/mol. The minimum atomic E-state index is -0.901. The molecule has 0 saturated carbocycles. The number of benzene rings is 2. The number of amides is 2. The van der Waals surface area contributed by atoms with E-state index >= 15 is 0 Å². The Morgan fingerprint density at radius 3 is 2.50 bits per heavy atom. The van der Waals surface area contributed by atoms with Crippen molar-refractivity contribution in [3.8, 4) is 5.75 Å². The zero-order chi connectivity index (χ0) is 25.3. The predicted molar refractivity (Wildman–Crippen MR) is 139 cm³/mol. The molecule has 3 aromatic rings. The van der Waals surface area contributed by atoms with Crippen LogP contribution in [0.15, 0.2) is 66.9 Å². The number of hydrogen-bond acceptors (Lipinski definition) is 6. The average Bonchev–Trinajstić information content (AvgIpc) is 3.44. The van der Waals surface area contributed by atoms with Crippen molar-refractivity contribution in [2.45, 2.75) is 32.4 Å². The molecule has 0 bridgehead atoms. The van der Waals surface area contributed by atoms with E-state index in [1.807, 2.05) is 49.4 Å². The van der Waals surface area contributed by atoms with Crippen molar-refractivity contribution in [3.05, 3.63) is 83.6 Å². The highest BCUT2D eigenvalue weighted by Crippen LogP contribution is 2.20. The molecule has 1 aromatic heterocycles. The summed E-state index contributed by atoms with van der Waals surface area (Å²) in [6.45, 7) is 4.20. The van der Waals surface area contributed by atoms with Gasteiger partial charge >= 0.3 is 0 Å². The van der Waals surface area contributed by atoms with E-state index in [1.54, 1.807) is 31.5 Å². The van der Waals surface area contributed by atoms with Gasteiger partial charge in [-0.3, -0.25) is 9.59 Å². The van der Waals surface area contributed by atoms with E-state index in [0.717, 1.165) is 42.9 Å². The van der Waals surface area contributed by atoms with Crippen molar-refractivity contribution >= 4 is 23.3 Å². The molecule has 2 aromatic carbocycles. The number of ether oxygens (including phenoxy) is 2. The van der Waals surface area contributed by atoms with Crippen molar-refractivity contribution in [1.29, 1.82) is 0 Å². The highest BCUT2D eigenvalue weighted by molar-refractivity contribution is 6.01. The number of hydrogen-bond donors (Lipinski definition) is 2. The van der Waals surface area contributed by atoms with Gasteiger partial charge < -0.3 is 25.0 Å². The summed E-state index contributed by atoms with van der Waals surface area (Å²) in [5.74, 6) is 0.845. The lowest BCUT2D eigenvalue weighted by atomic mass is 10.1. The SMILES string of the molecule is COc1ccc(C(=O)N[C@H](COCc2ccccc2)C(=O)Nc2ccc(N3CCCC3)nc2)cc1C. The Hall–Kier alpha value is -3.91. The van der Waals surface area contributed by atoms with Crippen LogP contribution in [-0.2, 0) is 16.1 Å². The van der Waals surface area contributed by atoms with Gasteiger partial charge in [-0.05, 0) is 61.2 Å². The summed E-state index contributed by atoms with van der Waals surface area (Å²) >= 11 is 0. The predicted octanol–water partition coefficient (Wildman–Crippen LogP) is 3.95. The second kappa shape index (κ2) is 12.2. The normalized spacial score (nSPS) is 13.8. The van der Waals surface area contributed by atoms with Crippen LogP contribution in [0.4, 0.5) is 11.5 Å². The van der Waals surface area contributed by atoms with E-state index in [0.29, 0.717) is 23.6 Å². The molecule has 0 unspecified atom stereocenters. The number of methoxy groups -OCH3 is 1. The molecule has 1 aliphatic rings. The smallest absolute Gasteiger partial charge is 0.252 e. The summed E-state index contributed by atoms with van der Waals surface area (Å²) in [7, 11) is 1.58. The van der Waals surface area contributed by atoms with E-state index in [-0.39, 0.29) is 18.4 Å². The van der Waals surface area contributed by atoms with Gasteiger partial charge in [-0.15, -0.1) is 0 Å². The largest absolute Gasteiger partial charge is 0.496 e. The maximum Gasteiger partial charge on any atom is 0.252 e. The minimum Gasteiger partial charge on any atom is -0.496 e. The maximum absolute atomic E-state index is 13.2. The number of aryl methyl sites for hydroxylation is 1. The van der Waals surface area contributed by atoms with Crippen LogP contribution in [0.3, 0.4) is 0 Å². The summed E-state index contributed by atoms with van der Waals surface area (Å²) in [6.07, 6.45) is 3.97. The van der Waals surface area contributed by atoms with Gasteiger partial charge in [-0.25, -0.2) is 4.98 Å². The highest BCUT2D eigenvalue weighted by atomic mass is 16.5. The van der Waals surface area contributed by atoms with Crippen molar-refractivity contribution in [1.82, 2.24) is 10.3 Å². The molecule has 1 aliphatic heterocycles. The zero-order valence-electron chi connectivity index (χ0n) is 20.7. The fraction of sp³-hybridized carbons (Fsp3) is 0.321. The number of rotatable bonds is 10. The van der Waals surface area contributed by atoms with Gasteiger partial charge in [0.1, 0.15) is 17.6 Å². The standard InChI is InChI=1S/C28H32N4O4/c1-20-16-22(10-12-25(20)35-2)27(33)31-24(19-36-18-21-8-4-3-5-9-21)28(34)30-23-11-13-26(29-17-23)32-14-6-7-15-32/h3-5,8-13,16-17,24H,6-7,14-15,18-19H2,1-2H3,(H,30,34)(H,31,33)/t24-/m1/s1. The van der Waals surface area contributed by atoms with Gasteiger partial charge in [0.05, 0.1) is 32.2 Å². The van der Waals surface area contributed by atoms with E-state index < -0.39 is 6.04 Å². The van der Waals surface area contributed by atoms with Crippen LogP contribution in [0.2, 0.25) is 0 Å². The van der Waals surface area contributed by atoms with Gasteiger partial charge in [0.15, 0.2) is 0 Å². The molecule has 1 fully saturated rings. The molecule has 8 heteroatoms. The van der Waals surface area contributed by atoms with Gasteiger partial charge in [0.25, 0.3) is 5.91 Å². The minimum absolute atomic E-state index is 0.0148. The summed E-state index contributed by atoms with van der Waals surface area (Å²) in [4.78, 5) is 32.9. The van der Waals surface area contributed by atoms with E-state index in [4.69, 9.17) is 9.47 Å². The van der Waals surface area contributed by atoms with Gasteiger partial charge in [0, 0.05) is 18.7 Å². The monoisotopic (exact) mass is 488 g/mol. The van der Waals surface area contributed by atoms with Crippen LogP contribution in [0.5, 0.6) is 5.75 Å². The third-order valence-electron chi connectivity index (χ3n) is 6.12. The number of anilines is 2. The lowest BCUT2D eigenvalue weighted by Gasteiger charge is -2.20. The topological polar surface area (TPSA) is 92.8 Å². The Morgan fingerprint density at radius 2 is 1.83 bits per heavy atom. The number of nitrogens with zero attached hydrogens (tertiary/aromatic N) is 2. The second-order valence-electron chi connectivity index (χ2n) is 8.80. The first kappa shape index (κ1) is 25.2. The van der Waals surface area contributed by atoms with Crippen molar-refractivity contribution in [2.24, 2.45) is 0 Å². The first-order valence-corrected chi connectivity index (χ1v) is 12.1. The molecule has 2 heterocycles. The number of aromatic nitrogens is 1. The third kappa shape index (κ3) is 6.60. The molecule has 4 rings (SSSR count). The molecule has 1 saturated heterocycles. The number of carbonyl (C=O) groups is 2. The second-order valence-corrected chi connectivity index (χ2v) is 8.80. The van der Waals surface area contributed by atoms with Crippen molar-refractivity contribution < 1.29 is 19.1 Å². The summed E-state index contributed by atoms with van der Waals surface area (Å²) in [5.41, 5.74) is 2.81. The van der Waals surface area contributed by atoms with Crippen LogP contribution in [0.25, 0.3) is 0 Å². The Labute approximate surface area is 211 Å². The first-order chi connectivity index (χ1) is 17.5. The number of pyridine rings is 1. The molecule has 188 valence electrons. The van der Waals surface area contributed by atoms with Gasteiger partial charge in [-0.2, -0.15) is 0 Å². The van der Waals surface area contributed by atoms with Crippen LogP contribution >= 0.6 is 0 Å². The molecule has 0 radical (unpaired) electrons. The Balaban J connectivity index is 1.43. The van der Waals surface area contributed by atoms with Crippen molar-refractivity contribution in [2.75, 3.05) is 37.0 Å². The van der Waals surface area contributed by atoms with Crippen molar-refractivity contribution in [3.63, 3.8) is 0 Å². The molecule has 36 heavy (non-hydrogen) atoms. The Kier molecular flexibility index (Phi) is 8.52. The Bertz CT molecular complexity index is 1160. The molecular formula is C28H32N4O4. The number of nitrogens with one attached hydrogen (secondary N) is 2. The number of carbonyl (C=O) groups excluding carboxylic acids is 2. The molecule has 2 amide bonds. The lowest BCUT2D eigenvalue weighted by Crippen LogP contribution is -2.46. The molecule has 0 aliphatic carbocycles. The average molecular weight is 489 g/mol. The summed E-state index contributed by atoms with van der Waals surface area (Å²) < 4.78 is 11.1. The Morgan fingerprint density at radius 1 is 1.06 bits per heavy atom. The van der Waals surface area contributed by atoms with E-state index in [2.05, 4.69) is 20.5 Å². The summed E-state index contributed by atoms with van der Waals surface area (Å²) in [5, 5.41) is 5.68. The summed E-state index contributed by atoms with van der Waals surface area (Å²) in [6, 6.07) is 17.6. The zero-order valence-corrected chi connectivity index (χ0v) is 20.7. The van der Waals surface area contributed by atoms with Crippen LogP contribution in [-0.4, -0.2) is 49.6 Å². The highest BCUT2D eigenvalue weighted by Gasteiger charge is 2.23. The van der Waals surface area contributed by atoms with Gasteiger partial charge in [-0.1, -0.05) is 30.3 Å². The molecule has 1 atom stereocenters. The molecule has 2 N–H and O–H groups in total. The molecule has 0 spiro atoms. The molecule has 8 nitrogen and oxygen atoms in total. The first-order valence-electron chi connectivity index (χ1n) is 12.1. The fourth-order valence-corrected chi connectivity index (χ4v) is 4.14. The quantitative estimate of drug-likeness (QED) is 0.449. The van der Waals surface area contributed by atoms with Crippen LogP contribution in [0, 0.1) is 6.92 Å². The van der Waals surface area contributed by atoms with E-state index in [1.165, 1.54) is 0 Å². The van der Waals surface area contributed by atoms with E-state index in [9.17, 15) is 9.59 Å². The maximum atomic E-state index is 13.2. The van der Waals surface area contributed by atoms with Crippen LogP contribution < -0.4 is 20.3 Å². The van der Waals surface area contributed by atoms with Gasteiger partial charge in [0.2, 0.25) is 5.91 Å². The lowest BCUT2D eigenvalue weighted by molar-refractivity contribution is -0.119. The fourth-order valence-electron chi connectivity index (χ4n) is 4.14. The van der Waals surface area contributed by atoms with Crippen LogP contribution in [0.1, 0.15) is 34.3 Å².